The lowest BCUT2D eigenvalue weighted by Gasteiger charge is -2.09. The normalized spacial score (nSPS) is 10.7. The Labute approximate surface area is 139 Å². The van der Waals surface area contributed by atoms with Gasteiger partial charge < -0.3 is 5.32 Å². The second kappa shape index (κ2) is 7.08. The summed E-state index contributed by atoms with van der Waals surface area (Å²) in [6.45, 7) is 2.57. The first-order chi connectivity index (χ1) is 11.6. The minimum atomic E-state index is -0.163. The number of hydrogen-bond acceptors (Lipinski definition) is 3. The molecule has 1 aromatic heterocycles. The van der Waals surface area contributed by atoms with Crippen LogP contribution < -0.4 is 10.9 Å². The number of nitrogens with zero attached hydrogens (tertiary/aromatic N) is 2. The molecule has 24 heavy (non-hydrogen) atoms. The van der Waals surface area contributed by atoms with Crippen LogP contribution in [0, 0.1) is 6.92 Å². The Hall–Kier alpha value is -2.95. The Kier molecular flexibility index (Phi) is 4.70. The van der Waals surface area contributed by atoms with Crippen molar-refractivity contribution in [3.05, 3.63) is 76.2 Å². The molecule has 0 aliphatic rings. The third-order valence-corrected chi connectivity index (χ3v) is 3.88. The van der Waals surface area contributed by atoms with E-state index in [9.17, 15) is 9.59 Å². The van der Waals surface area contributed by atoms with Crippen LogP contribution in [-0.4, -0.2) is 22.2 Å². The molecule has 0 aliphatic heterocycles. The molecule has 122 valence electrons. The number of nitrogens with one attached hydrogen (secondary N) is 1. The largest absolute Gasteiger partial charge is 0.354 e. The fourth-order valence-corrected chi connectivity index (χ4v) is 2.69. The topological polar surface area (TPSA) is 64.0 Å². The molecule has 3 aromatic rings. The fraction of sp³-hybridized carbons (Fsp3) is 0.211. The first-order valence-electron chi connectivity index (χ1n) is 7.91. The van der Waals surface area contributed by atoms with Gasteiger partial charge in [-0.15, -0.1) is 0 Å². The monoisotopic (exact) mass is 321 g/mol. The van der Waals surface area contributed by atoms with Crippen LogP contribution >= 0.6 is 0 Å². The average molecular weight is 321 g/mol. The maximum absolute atomic E-state index is 12.2. The third kappa shape index (κ3) is 3.68. The summed E-state index contributed by atoms with van der Waals surface area (Å²) >= 11 is 0. The summed E-state index contributed by atoms with van der Waals surface area (Å²) in [6.07, 6.45) is 0.317. The standard InChI is InChI=1S/C19H19N3O2/c1-14-9-10-19(24)22(21-14)12-11-20-18(23)13-16-7-4-6-15-5-2-3-8-17(15)16/h2-10H,11-13H2,1H3,(H,20,23). The van der Waals surface area contributed by atoms with E-state index in [1.165, 1.54) is 10.7 Å². The zero-order chi connectivity index (χ0) is 16.9. The minimum Gasteiger partial charge on any atom is -0.354 e. The van der Waals surface area contributed by atoms with Gasteiger partial charge in [0.05, 0.1) is 18.7 Å². The first-order valence-corrected chi connectivity index (χ1v) is 7.91. The van der Waals surface area contributed by atoms with Gasteiger partial charge in [0.2, 0.25) is 5.91 Å². The molecule has 0 saturated carbocycles. The fourth-order valence-electron chi connectivity index (χ4n) is 2.69. The van der Waals surface area contributed by atoms with Crippen molar-refractivity contribution in [1.29, 1.82) is 0 Å². The maximum Gasteiger partial charge on any atom is 0.266 e. The van der Waals surface area contributed by atoms with Crippen molar-refractivity contribution in [2.24, 2.45) is 0 Å². The van der Waals surface area contributed by atoms with Crippen LogP contribution in [0.4, 0.5) is 0 Å². The summed E-state index contributed by atoms with van der Waals surface area (Å²) in [5.41, 5.74) is 1.61. The van der Waals surface area contributed by atoms with Gasteiger partial charge in [0.15, 0.2) is 0 Å². The number of aromatic nitrogens is 2. The molecule has 0 aliphatic carbocycles. The molecule has 0 atom stereocenters. The molecule has 2 aromatic carbocycles. The van der Waals surface area contributed by atoms with Crippen molar-refractivity contribution in [1.82, 2.24) is 15.1 Å². The zero-order valence-electron chi connectivity index (χ0n) is 13.5. The lowest BCUT2D eigenvalue weighted by Crippen LogP contribution is -2.32. The van der Waals surface area contributed by atoms with E-state index in [1.807, 2.05) is 49.4 Å². The molecule has 5 nitrogen and oxygen atoms in total. The van der Waals surface area contributed by atoms with Crippen LogP contribution in [0.25, 0.3) is 10.8 Å². The second-order valence-electron chi connectivity index (χ2n) is 5.70. The van der Waals surface area contributed by atoms with Crippen molar-refractivity contribution in [3.63, 3.8) is 0 Å². The van der Waals surface area contributed by atoms with Gasteiger partial charge >= 0.3 is 0 Å². The molecule has 0 saturated heterocycles. The van der Waals surface area contributed by atoms with E-state index in [1.54, 1.807) is 6.07 Å². The van der Waals surface area contributed by atoms with Crippen LogP contribution in [0.2, 0.25) is 0 Å². The summed E-state index contributed by atoms with van der Waals surface area (Å²) in [5.74, 6) is -0.0629. The molecular weight excluding hydrogens is 302 g/mol. The van der Waals surface area contributed by atoms with Gasteiger partial charge in [-0.1, -0.05) is 42.5 Å². The van der Waals surface area contributed by atoms with E-state index in [-0.39, 0.29) is 11.5 Å². The predicted octanol–water partition coefficient (Wildman–Crippen LogP) is 2.06. The van der Waals surface area contributed by atoms with E-state index in [4.69, 9.17) is 0 Å². The Morgan fingerprint density at radius 2 is 1.88 bits per heavy atom. The molecule has 3 rings (SSSR count). The van der Waals surface area contributed by atoms with Crippen molar-refractivity contribution < 1.29 is 4.79 Å². The van der Waals surface area contributed by atoms with E-state index in [2.05, 4.69) is 10.4 Å². The van der Waals surface area contributed by atoms with Crippen molar-refractivity contribution in [2.45, 2.75) is 19.9 Å². The number of aryl methyl sites for hydroxylation is 1. The van der Waals surface area contributed by atoms with Crippen molar-refractivity contribution >= 4 is 16.7 Å². The SMILES string of the molecule is Cc1ccc(=O)n(CCNC(=O)Cc2cccc3ccccc23)n1. The molecule has 0 bridgehead atoms. The molecule has 5 heteroatoms. The quantitative estimate of drug-likeness (QED) is 0.782. The van der Waals surface area contributed by atoms with Crippen LogP contribution in [0.3, 0.4) is 0 Å². The van der Waals surface area contributed by atoms with E-state index >= 15 is 0 Å². The number of benzene rings is 2. The maximum atomic E-state index is 12.2. The number of hydrogen-bond donors (Lipinski definition) is 1. The summed E-state index contributed by atoms with van der Waals surface area (Å²) < 4.78 is 1.37. The molecule has 0 radical (unpaired) electrons. The molecular formula is C19H19N3O2. The number of fused-ring (bicyclic) bond motifs is 1. The Morgan fingerprint density at radius 1 is 1.08 bits per heavy atom. The molecule has 1 heterocycles. The third-order valence-electron chi connectivity index (χ3n) is 3.88. The number of rotatable bonds is 5. The van der Waals surface area contributed by atoms with Crippen LogP contribution in [-0.2, 0) is 17.8 Å². The van der Waals surface area contributed by atoms with Gasteiger partial charge in [0, 0.05) is 12.6 Å². The highest BCUT2D eigenvalue weighted by Gasteiger charge is 2.07. The van der Waals surface area contributed by atoms with E-state index < -0.39 is 0 Å². The molecule has 0 spiro atoms. The van der Waals surface area contributed by atoms with Gasteiger partial charge in [-0.25, -0.2) is 4.68 Å². The Balaban J connectivity index is 1.61. The summed E-state index contributed by atoms with van der Waals surface area (Å²) in [5, 5.41) is 9.21. The number of carbonyl (C=O) groups excluding carboxylic acids is 1. The highest BCUT2D eigenvalue weighted by atomic mass is 16.1. The van der Waals surface area contributed by atoms with Gasteiger partial charge in [-0.2, -0.15) is 5.10 Å². The summed E-state index contributed by atoms with van der Waals surface area (Å²) in [7, 11) is 0. The minimum absolute atomic E-state index is 0.0629. The number of carbonyl (C=O) groups is 1. The lowest BCUT2D eigenvalue weighted by atomic mass is 10.0. The molecule has 1 N–H and O–H groups in total. The molecule has 1 amide bonds. The average Bonchev–Trinajstić information content (AvgIpc) is 2.58. The second-order valence-corrected chi connectivity index (χ2v) is 5.70. The Morgan fingerprint density at radius 3 is 2.75 bits per heavy atom. The Bertz CT molecular complexity index is 926. The van der Waals surface area contributed by atoms with E-state index in [0.29, 0.717) is 19.5 Å². The smallest absolute Gasteiger partial charge is 0.266 e. The van der Waals surface area contributed by atoms with Gasteiger partial charge in [-0.3, -0.25) is 9.59 Å². The predicted molar refractivity (Wildman–Crippen MR) is 93.9 cm³/mol. The first kappa shape index (κ1) is 15.9. The molecule has 0 unspecified atom stereocenters. The highest BCUT2D eigenvalue weighted by Crippen LogP contribution is 2.18. The summed E-state index contributed by atoms with van der Waals surface area (Å²) in [4.78, 5) is 23.9. The zero-order valence-corrected chi connectivity index (χ0v) is 13.5. The molecule has 0 fully saturated rings. The van der Waals surface area contributed by atoms with Crippen LogP contribution in [0.5, 0.6) is 0 Å². The van der Waals surface area contributed by atoms with Crippen LogP contribution in [0.15, 0.2) is 59.4 Å². The van der Waals surface area contributed by atoms with Crippen molar-refractivity contribution in [2.75, 3.05) is 6.54 Å². The lowest BCUT2D eigenvalue weighted by molar-refractivity contribution is -0.120. The van der Waals surface area contributed by atoms with Gasteiger partial charge in [0.1, 0.15) is 0 Å². The highest BCUT2D eigenvalue weighted by molar-refractivity contribution is 5.90. The van der Waals surface area contributed by atoms with Gasteiger partial charge in [0.25, 0.3) is 5.56 Å². The van der Waals surface area contributed by atoms with Gasteiger partial charge in [-0.05, 0) is 29.3 Å². The van der Waals surface area contributed by atoms with E-state index in [0.717, 1.165) is 22.0 Å². The summed E-state index contributed by atoms with van der Waals surface area (Å²) in [6, 6.07) is 17.1. The number of amides is 1. The van der Waals surface area contributed by atoms with Crippen molar-refractivity contribution in [3.8, 4) is 0 Å². The van der Waals surface area contributed by atoms with Crippen LogP contribution in [0.1, 0.15) is 11.3 Å².